The largest absolute Gasteiger partial charge is 0.484 e. The Balaban J connectivity index is 1.96. The summed E-state index contributed by atoms with van der Waals surface area (Å²) < 4.78 is 31.5. The number of rotatable bonds is 9. The molecular weight excluding hydrogens is 394 g/mol. The Kier molecular flexibility index (Phi) is 7.77. The topological polar surface area (TPSA) is 114 Å². The molecule has 2 rings (SSSR count). The number of amides is 2. The maximum absolute atomic E-state index is 12.3. The van der Waals surface area contributed by atoms with Crippen molar-refractivity contribution in [2.45, 2.75) is 11.8 Å². The van der Waals surface area contributed by atoms with Crippen LogP contribution in [0.4, 0.5) is 5.69 Å². The van der Waals surface area contributed by atoms with E-state index in [1.807, 2.05) is 6.92 Å². The van der Waals surface area contributed by atoms with Crippen LogP contribution in [0, 0.1) is 12.3 Å². The van der Waals surface area contributed by atoms with Crippen molar-refractivity contribution in [1.29, 1.82) is 0 Å². The summed E-state index contributed by atoms with van der Waals surface area (Å²) in [6, 6.07) is 12.0. The molecule has 0 unspecified atom stereocenters. The highest BCUT2D eigenvalue weighted by molar-refractivity contribution is 7.89. The number of carbonyl (C=O) groups excluding carboxylic acids is 2. The third-order valence-corrected chi connectivity index (χ3v) is 5.06. The van der Waals surface area contributed by atoms with E-state index in [1.54, 1.807) is 24.3 Å². The Hall–Kier alpha value is -3.35. The molecule has 0 heterocycles. The van der Waals surface area contributed by atoms with Crippen LogP contribution in [0.25, 0.3) is 0 Å². The molecule has 8 nitrogen and oxygen atoms in total. The van der Waals surface area contributed by atoms with Gasteiger partial charge in [-0.3, -0.25) is 9.59 Å². The Morgan fingerprint density at radius 1 is 1.07 bits per heavy atom. The Bertz CT molecular complexity index is 994. The molecule has 0 fully saturated rings. The molecule has 0 saturated carbocycles. The summed E-state index contributed by atoms with van der Waals surface area (Å²) in [6.07, 6.45) is 5.05. The highest BCUT2D eigenvalue weighted by Gasteiger charge is 2.14. The van der Waals surface area contributed by atoms with Crippen LogP contribution in [-0.4, -0.2) is 39.9 Å². The molecule has 0 aliphatic rings. The van der Waals surface area contributed by atoms with Crippen LogP contribution in [0.15, 0.2) is 53.4 Å². The Morgan fingerprint density at radius 2 is 1.72 bits per heavy atom. The molecule has 0 aromatic heterocycles. The SMILES string of the molecule is C#CCNS(=O)(=O)c1ccc(C(=O)Nc2ccc(OCC(=O)NCC)cc2)cc1. The number of sulfonamides is 1. The number of ether oxygens (including phenoxy) is 1. The van der Waals surface area contributed by atoms with Gasteiger partial charge in [0.05, 0.1) is 11.4 Å². The Morgan fingerprint density at radius 3 is 2.31 bits per heavy atom. The van der Waals surface area contributed by atoms with E-state index in [4.69, 9.17) is 11.2 Å². The number of benzene rings is 2. The lowest BCUT2D eigenvalue weighted by Gasteiger charge is -2.09. The lowest BCUT2D eigenvalue weighted by Crippen LogP contribution is -2.28. The van der Waals surface area contributed by atoms with Gasteiger partial charge in [0.2, 0.25) is 10.0 Å². The summed E-state index contributed by atoms with van der Waals surface area (Å²) in [4.78, 5) is 23.7. The summed E-state index contributed by atoms with van der Waals surface area (Å²) in [5, 5.41) is 5.32. The van der Waals surface area contributed by atoms with Crippen molar-refractivity contribution in [2.75, 3.05) is 25.0 Å². The van der Waals surface area contributed by atoms with Crippen LogP contribution in [0.3, 0.4) is 0 Å². The zero-order valence-electron chi connectivity index (χ0n) is 15.8. The van der Waals surface area contributed by atoms with Crippen molar-refractivity contribution in [2.24, 2.45) is 0 Å². The second-order valence-electron chi connectivity index (χ2n) is 5.77. The molecule has 2 aromatic carbocycles. The van der Waals surface area contributed by atoms with Gasteiger partial charge in [0.15, 0.2) is 6.61 Å². The molecular formula is C20H21N3O5S. The molecule has 0 bridgehead atoms. The van der Waals surface area contributed by atoms with E-state index in [0.29, 0.717) is 18.0 Å². The number of hydrogen-bond donors (Lipinski definition) is 3. The molecule has 0 spiro atoms. The first kappa shape index (κ1) is 21.9. The van der Waals surface area contributed by atoms with E-state index in [9.17, 15) is 18.0 Å². The lowest BCUT2D eigenvalue weighted by atomic mass is 10.2. The predicted molar refractivity (Wildman–Crippen MR) is 109 cm³/mol. The van der Waals surface area contributed by atoms with E-state index in [1.165, 1.54) is 24.3 Å². The van der Waals surface area contributed by atoms with Crippen molar-refractivity contribution < 1.29 is 22.7 Å². The van der Waals surface area contributed by atoms with Crippen LogP contribution in [0.5, 0.6) is 5.75 Å². The van der Waals surface area contributed by atoms with Crippen LogP contribution in [-0.2, 0) is 14.8 Å². The summed E-state index contributed by atoms with van der Waals surface area (Å²) in [5.41, 5.74) is 0.810. The fourth-order valence-corrected chi connectivity index (χ4v) is 3.17. The summed E-state index contributed by atoms with van der Waals surface area (Å²) >= 11 is 0. The molecule has 0 aliphatic carbocycles. The fourth-order valence-electron chi connectivity index (χ4n) is 2.24. The normalized spacial score (nSPS) is 10.6. The van der Waals surface area contributed by atoms with Gasteiger partial charge in [-0.2, -0.15) is 4.72 Å². The first-order chi connectivity index (χ1) is 13.9. The molecule has 0 radical (unpaired) electrons. The van der Waals surface area contributed by atoms with Crippen molar-refractivity contribution in [1.82, 2.24) is 10.0 Å². The molecule has 0 aliphatic heterocycles. The van der Waals surface area contributed by atoms with E-state index < -0.39 is 15.9 Å². The number of anilines is 1. The van der Waals surface area contributed by atoms with Gasteiger partial charge in [-0.1, -0.05) is 5.92 Å². The average molecular weight is 415 g/mol. The third-order valence-electron chi connectivity index (χ3n) is 3.65. The minimum Gasteiger partial charge on any atom is -0.484 e. The summed E-state index contributed by atoms with van der Waals surface area (Å²) in [5.74, 6) is 2.06. The molecule has 2 amide bonds. The molecule has 29 heavy (non-hydrogen) atoms. The highest BCUT2D eigenvalue weighted by Crippen LogP contribution is 2.17. The van der Waals surface area contributed by atoms with E-state index in [-0.39, 0.29) is 29.5 Å². The third kappa shape index (κ3) is 6.64. The van der Waals surface area contributed by atoms with Gasteiger partial charge in [0.1, 0.15) is 5.75 Å². The maximum Gasteiger partial charge on any atom is 0.257 e. The number of nitrogens with one attached hydrogen (secondary N) is 3. The van der Waals surface area contributed by atoms with Gasteiger partial charge >= 0.3 is 0 Å². The van der Waals surface area contributed by atoms with Gasteiger partial charge in [-0.05, 0) is 55.5 Å². The van der Waals surface area contributed by atoms with Crippen LogP contribution in [0.1, 0.15) is 17.3 Å². The molecule has 152 valence electrons. The number of terminal acetylenes is 1. The van der Waals surface area contributed by atoms with E-state index in [0.717, 1.165) is 0 Å². The number of hydrogen-bond acceptors (Lipinski definition) is 5. The van der Waals surface area contributed by atoms with Crippen molar-refractivity contribution >= 4 is 27.5 Å². The van der Waals surface area contributed by atoms with Gasteiger partial charge in [-0.15, -0.1) is 6.42 Å². The van der Waals surface area contributed by atoms with Gasteiger partial charge in [0.25, 0.3) is 11.8 Å². The Labute approximate surface area is 169 Å². The second kappa shape index (κ2) is 10.3. The van der Waals surface area contributed by atoms with Crippen molar-refractivity contribution in [3.8, 4) is 18.1 Å². The molecule has 2 aromatic rings. The summed E-state index contributed by atoms with van der Waals surface area (Å²) in [7, 11) is -3.71. The first-order valence-corrected chi connectivity index (χ1v) is 10.2. The minimum absolute atomic E-state index is 0.0120. The van der Waals surface area contributed by atoms with E-state index in [2.05, 4.69) is 21.3 Å². The zero-order chi connectivity index (χ0) is 21.3. The quantitative estimate of drug-likeness (QED) is 0.535. The number of carbonyl (C=O) groups is 2. The molecule has 0 saturated heterocycles. The molecule has 9 heteroatoms. The van der Waals surface area contributed by atoms with Gasteiger partial charge in [0, 0.05) is 17.8 Å². The smallest absolute Gasteiger partial charge is 0.257 e. The van der Waals surface area contributed by atoms with Crippen molar-refractivity contribution in [3.05, 3.63) is 54.1 Å². The van der Waals surface area contributed by atoms with Crippen LogP contribution < -0.4 is 20.1 Å². The second-order valence-corrected chi connectivity index (χ2v) is 7.54. The fraction of sp³-hybridized carbons (Fsp3) is 0.200. The van der Waals surface area contributed by atoms with Crippen LogP contribution >= 0.6 is 0 Å². The minimum atomic E-state index is -3.71. The maximum atomic E-state index is 12.3. The molecule has 3 N–H and O–H groups in total. The highest BCUT2D eigenvalue weighted by atomic mass is 32.2. The standard InChI is InChI=1S/C20H21N3O5S/c1-3-13-22-29(26,27)18-11-5-15(6-12-18)20(25)23-16-7-9-17(10-8-16)28-14-19(24)21-4-2/h1,5-12,22H,4,13-14H2,2H3,(H,21,24)(H,23,25). The monoisotopic (exact) mass is 415 g/mol. The van der Waals surface area contributed by atoms with Crippen LogP contribution in [0.2, 0.25) is 0 Å². The van der Waals surface area contributed by atoms with Crippen molar-refractivity contribution in [3.63, 3.8) is 0 Å². The summed E-state index contributed by atoms with van der Waals surface area (Å²) in [6.45, 7) is 2.14. The predicted octanol–water partition coefficient (Wildman–Crippen LogP) is 1.37. The first-order valence-electron chi connectivity index (χ1n) is 8.70. The lowest BCUT2D eigenvalue weighted by molar-refractivity contribution is -0.122. The van der Waals surface area contributed by atoms with Gasteiger partial charge < -0.3 is 15.4 Å². The molecule has 0 atom stereocenters. The van der Waals surface area contributed by atoms with E-state index >= 15 is 0 Å². The van der Waals surface area contributed by atoms with Gasteiger partial charge in [-0.25, -0.2) is 8.42 Å². The number of likely N-dealkylation sites (N-methyl/N-ethyl adjacent to an activating group) is 1. The zero-order valence-corrected chi connectivity index (χ0v) is 16.6. The average Bonchev–Trinajstić information content (AvgIpc) is 2.72.